The van der Waals surface area contributed by atoms with E-state index in [1.54, 1.807) is 0 Å². The van der Waals surface area contributed by atoms with Crippen LogP contribution in [0.2, 0.25) is 5.02 Å². The predicted octanol–water partition coefficient (Wildman–Crippen LogP) is 3.63. The number of amides is 2. The third-order valence-electron chi connectivity index (χ3n) is 4.57. The zero-order chi connectivity index (χ0) is 19.1. The van der Waals surface area contributed by atoms with Crippen molar-refractivity contribution in [2.45, 2.75) is 25.7 Å². The van der Waals surface area contributed by atoms with E-state index < -0.39 is 0 Å². The van der Waals surface area contributed by atoms with Gasteiger partial charge in [0.25, 0.3) is 0 Å². The molecule has 6 heteroatoms. The molecule has 0 atom stereocenters. The first-order valence-corrected chi connectivity index (χ1v) is 9.64. The van der Waals surface area contributed by atoms with Crippen molar-refractivity contribution in [3.05, 3.63) is 59.1 Å². The molecule has 0 spiro atoms. The molecule has 0 radical (unpaired) electrons. The Morgan fingerprint density at radius 1 is 1.00 bits per heavy atom. The van der Waals surface area contributed by atoms with Gasteiger partial charge in [-0.3, -0.25) is 9.59 Å². The average Bonchev–Trinajstić information content (AvgIpc) is 3.17. The Morgan fingerprint density at radius 2 is 1.74 bits per heavy atom. The van der Waals surface area contributed by atoms with Crippen LogP contribution >= 0.6 is 11.6 Å². The van der Waals surface area contributed by atoms with Crippen LogP contribution in [0.5, 0.6) is 0 Å². The monoisotopic (exact) mass is 385 g/mol. The molecular formula is C21H24ClN3O2. The fourth-order valence-electron chi connectivity index (χ4n) is 3.18. The van der Waals surface area contributed by atoms with Gasteiger partial charge >= 0.3 is 0 Å². The molecule has 1 saturated heterocycles. The number of carbonyl (C=O) groups is 2. The van der Waals surface area contributed by atoms with Gasteiger partial charge in [0.1, 0.15) is 6.42 Å². The van der Waals surface area contributed by atoms with Gasteiger partial charge in [0.2, 0.25) is 11.8 Å². The molecular weight excluding hydrogens is 362 g/mol. The number of nitrogens with one attached hydrogen (secondary N) is 2. The van der Waals surface area contributed by atoms with Crippen molar-refractivity contribution in [2.24, 2.45) is 0 Å². The SMILES string of the molecule is O=C(CC(=O)Nc1ccc(N2CCCC2)cc1)NCCc1cccc(Cl)c1. The van der Waals surface area contributed by atoms with Crippen molar-refractivity contribution in [1.82, 2.24) is 5.32 Å². The van der Waals surface area contributed by atoms with Crippen molar-refractivity contribution in [1.29, 1.82) is 0 Å². The molecule has 142 valence electrons. The summed E-state index contributed by atoms with van der Waals surface area (Å²) < 4.78 is 0. The van der Waals surface area contributed by atoms with E-state index in [9.17, 15) is 9.59 Å². The highest BCUT2D eigenvalue weighted by Crippen LogP contribution is 2.22. The highest BCUT2D eigenvalue weighted by Gasteiger charge is 2.13. The van der Waals surface area contributed by atoms with Crippen LogP contribution in [-0.4, -0.2) is 31.4 Å². The van der Waals surface area contributed by atoms with E-state index in [1.807, 2.05) is 48.5 Å². The van der Waals surface area contributed by atoms with Crippen LogP contribution in [0.1, 0.15) is 24.8 Å². The van der Waals surface area contributed by atoms with Gasteiger partial charge in [-0.2, -0.15) is 0 Å². The minimum Gasteiger partial charge on any atom is -0.372 e. The summed E-state index contributed by atoms with van der Waals surface area (Å²) in [7, 11) is 0. The molecule has 0 bridgehead atoms. The quantitative estimate of drug-likeness (QED) is 0.715. The Hall–Kier alpha value is -2.53. The number of hydrogen-bond acceptors (Lipinski definition) is 3. The number of carbonyl (C=O) groups excluding carboxylic acids is 2. The summed E-state index contributed by atoms with van der Waals surface area (Å²) in [4.78, 5) is 26.3. The molecule has 2 N–H and O–H groups in total. The van der Waals surface area contributed by atoms with Gasteiger partial charge in [0, 0.05) is 36.0 Å². The van der Waals surface area contributed by atoms with Crippen LogP contribution in [0.15, 0.2) is 48.5 Å². The van der Waals surface area contributed by atoms with Gasteiger partial charge in [-0.05, 0) is 61.2 Å². The minimum atomic E-state index is -0.316. The van der Waals surface area contributed by atoms with E-state index in [0.717, 1.165) is 18.7 Å². The van der Waals surface area contributed by atoms with Crippen LogP contribution in [0.25, 0.3) is 0 Å². The summed E-state index contributed by atoms with van der Waals surface area (Å²) >= 11 is 5.94. The summed E-state index contributed by atoms with van der Waals surface area (Å²) in [6.45, 7) is 2.64. The van der Waals surface area contributed by atoms with Crippen molar-refractivity contribution in [3.63, 3.8) is 0 Å². The molecule has 0 saturated carbocycles. The second-order valence-electron chi connectivity index (χ2n) is 6.70. The normalized spacial score (nSPS) is 13.4. The molecule has 27 heavy (non-hydrogen) atoms. The topological polar surface area (TPSA) is 61.4 Å². The van der Waals surface area contributed by atoms with E-state index in [-0.39, 0.29) is 18.2 Å². The van der Waals surface area contributed by atoms with Crippen molar-refractivity contribution in [2.75, 3.05) is 29.9 Å². The number of rotatable bonds is 7. The fraction of sp³-hybridized carbons (Fsp3) is 0.333. The van der Waals surface area contributed by atoms with E-state index in [0.29, 0.717) is 23.7 Å². The van der Waals surface area contributed by atoms with Crippen LogP contribution in [0, 0.1) is 0 Å². The van der Waals surface area contributed by atoms with E-state index in [2.05, 4.69) is 15.5 Å². The molecule has 0 unspecified atom stereocenters. The molecule has 2 aromatic rings. The molecule has 3 rings (SSSR count). The summed E-state index contributed by atoms with van der Waals surface area (Å²) in [5, 5.41) is 6.21. The maximum Gasteiger partial charge on any atom is 0.233 e. The van der Waals surface area contributed by atoms with Gasteiger partial charge in [0.15, 0.2) is 0 Å². The first kappa shape index (κ1) is 19.2. The molecule has 0 aliphatic carbocycles. The zero-order valence-corrected chi connectivity index (χ0v) is 16.0. The van der Waals surface area contributed by atoms with E-state index in [1.165, 1.54) is 18.5 Å². The van der Waals surface area contributed by atoms with Crippen LogP contribution in [-0.2, 0) is 16.0 Å². The smallest absolute Gasteiger partial charge is 0.233 e. The highest BCUT2D eigenvalue weighted by molar-refractivity contribution is 6.30. The zero-order valence-electron chi connectivity index (χ0n) is 15.2. The Kier molecular flexibility index (Phi) is 6.71. The number of nitrogens with zero attached hydrogens (tertiary/aromatic N) is 1. The molecule has 5 nitrogen and oxygen atoms in total. The van der Waals surface area contributed by atoms with Crippen LogP contribution in [0.3, 0.4) is 0 Å². The fourth-order valence-corrected chi connectivity index (χ4v) is 3.40. The molecule has 1 fully saturated rings. The molecule has 1 aliphatic heterocycles. The first-order chi connectivity index (χ1) is 13.1. The Labute approximate surface area is 164 Å². The Morgan fingerprint density at radius 3 is 2.44 bits per heavy atom. The van der Waals surface area contributed by atoms with Crippen molar-refractivity contribution >= 4 is 34.8 Å². The summed E-state index contributed by atoms with van der Waals surface area (Å²) in [5.41, 5.74) is 2.92. The second-order valence-corrected chi connectivity index (χ2v) is 7.13. The Bertz CT molecular complexity index is 786. The third kappa shape index (κ3) is 6.00. The summed E-state index contributed by atoms with van der Waals surface area (Å²) in [5.74, 6) is -0.604. The largest absolute Gasteiger partial charge is 0.372 e. The molecule has 1 heterocycles. The minimum absolute atomic E-state index is 0.191. The maximum absolute atomic E-state index is 12.0. The Balaban J connectivity index is 1.39. The lowest BCUT2D eigenvalue weighted by atomic mass is 10.1. The first-order valence-electron chi connectivity index (χ1n) is 9.26. The van der Waals surface area contributed by atoms with Gasteiger partial charge in [-0.25, -0.2) is 0 Å². The molecule has 2 amide bonds. The second kappa shape index (κ2) is 9.42. The predicted molar refractivity (Wildman–Crippen MR) is 109 cm³/mol. The van der Waals surface area contributed by atoms with Gasteiger partial charge in [0.05, 0.1) is 0 Å². The molecule has 0 aromatic heterocycles. The number of hydrogen-bond donors (Lipinski definition) is 2. The lowest BCUT2D eigenvalue weighted by Gasteiger charge is -2.17. The third-order valence-corrected chi connectivity index (χ3v) is 4.80. The van der Waals surface area contributed by atoms with E-state index in [4.69, 9.17) is 11.6 Å². The maximum atomic E-state index is 12.0. The van der Waals surface area contributed by atoms with Crippen LogP contribution in [0.4, 0.5) is 11.4 Å². The molecule has 2 aromatic carbocycles. The van der Waals surface area contributed by atoms with Crippen molar-refractivity contribution in [3.8, 4) is 0 Å². The summed E-state index contributed by atoms with van der Waals surface area (Å²) in [6.07, 6.45) is 2.94. The number of anilines is 2. The van der Waals surface area contributed by atoms with Crippen LogP contribution < -0.4 is 15.5 Å². The number of halogens is 1. The van der Waals surface area contributed by atoms with Crippen molar-refractivity contribution < 1.29 is 9.59 Å². The van der Waals surface area contributed by atoms with Gasteiger partial charge in [-0.1, -0.05) is 23.7 Å². The highest BCUT2D eigenvalue weighted by atomic mass is 35.5. The summed E-state index contributed by atoms with van der Waals surface area (Å²) in [6, 6.07) is 15.3. The van der Waals surface area contributed by atoms with Gasteiger partial charge < -0.3 is 15.5 Å². The number of benzene rings is 2. The lowest BCUT2D eigenvalue weighted by molar-refractivity contribution is -0.126. The standard InChI is InChI=1S/C21H24ClN3O2/c22-17-5-3-4-16(14-17)10-11-23-20(26)15-21(27)24-18-6-8-19(9-7-18)25-12-1-2-13-25/h3-9,14H,1-2,10-13,15H2,(H,23,26)(H,24,27). The lowest BCUT2D eigenvalue weighted by Crippen LogP contribution is -2.29. The van der Waals surface area contributed by atoms with E-state index >= 15 is 0 Å². The van der Waals surface area contributed by atoms with Gasteiger partial charge in [-0.15, -0.1) is 0 Å². The molecule has 1 aliphatic rings. The average molecular weight is 386 g/mol.